The number of hydrogen-bond donors (Lipinski definition) is 2. The largest absolute Gasteiger partial charge is 0.478 e. The number of sulfone groups is 1. The van der Waals surface area contributed by atoms with Crippen LogP contribution in [0.15, 0.2) is 53.2 Å². The Bertz CT molecular complexity index is 1300. The van der Waals surface area contributed by atoms with Gasteiger partial charge in [0.2, 0.25) is 0 Å². The van der Waals surface area contributed by atoms with Gasteiger partial charge < -0.3 is 15.4 Å². The van der Waals surface area contributed by atoms with E-state index in [0.29, 0.717) is 27.7 Å². The molecule has 0 fully saturated rings. The predicted molar refractivity (Wildman–Crippen MR) is 122 cm³/mol. The first kappa shape index (κ1) is 24.6. The second kappa shape index (κ2) is 9.21. The van der Waals surface area contributed by atoms with E-state index in [2.05, 4.69) is 0 Å². The fourth-order valence-electron chi connectivity index (χ4n) is 3.60. The summed E-state index contributed by atoms with van der Waals surface area (Å²) in [5.74, 6) is -1.49. The molecule has 0 saturated carbocycles. The molecule has 2 aromatic carbocycles. The van der Waals surface area contributed by atoms with E-state index in [9.17, 15) is 22.7 Å². The fraction of sp³-hybridized carbons (Fsp3) is 0.227. The zero-order chi connectivity index (χ0) is 22.2. The number of aromatic carboxylic acids is 1. The van der Waals surface area contributed by atoms with Crippen LogP contribution in [-0.2, 0) is 16.4 Å². The first-order chi connectivity index (χ1) is 14.0. The number of allylic oxidation sites excluding steroid dienone is 1. The van der Waals surface area contributed by atoms with Gasteiger partial charge in [-0.1, -0.05) is 6.07 Å². The zero-order valence-corrected chi connectivity index (χ0v) is 19.0. The molecular weight excluding hydrogens is 443 g/mol. The van der Waals surface area contributed by atoms with Crippen molar-refractivity contribution >= 4 is 39.1 Å². The van der Waals surface area contributed by atoms with Gasteiger partial charge in [-0.3, -0.25) is 0 Å². The quantitative estimate of drug-likeness (QED) is 0.565. The number of nitrogens with zero attached hydrogens (tertiary/aromatic N) is 1. The normalized spacial score (nSPS) is 12.1. The van der Waals surface area contributed by atoms with Crippen molar-refractivity contribution in [3.63, 3.8) is 0 Å². The van der Waals surface area contributed by atoms with Crippen molar-refractivity contribution in [1.82, 2.24) is 4.57 Å². The summed E-state index contributed by atoms with van der Waals surface area (Å²) in [7, 11) is -3.44. The molecule has 0 unspecified atom stereocenters. The SMILES string of the molecule is Cc1ccc(S(C)(=O)=O)cc1-c1c(C)n(C/C(F)=C/CN)c2ccc(C(=O)O)cc12.Cl. The molecule has 0 amide bonds. The molecule has 166 valence electrons. The van der Waals surface area contributed by atoms with Crippen molar-refractivity contribution in [2.75, 3.05) is 12.8 Å². The van der Waals surface area contributed by atoms with E-state index in [1.54, 1.807) is 29.7 Å². The molecule has 6 nitrogen and oxygen atoms in total. The van der Waals surface area contributed by atoms with Crippen molar-refractivity contribution in [2.45, 2.75) is 25.3 Å². The average molecular weight is 467 g/mol. The number of aryl methyl sites for hydroxylation is 1. The summed E-state index contributed by atoms with van der Waals surface area (Å²) in [4.78, 5) is 11.7. The number of hydrogen-bond acceptors (Lipinski definition) is 4. The van der Waals surface area contributed by atoms with Crippen molar-refractivity contribution < 1.29 is 22.7 Å². The number of carboxylic acid groups (broad SMARTS) is 1. The Morgan fingerprint density at radius 3 is 2.45 bits per heavy atom. The minimum atomic E-state index is -3.44. The molecule has 0 radical (unpaired) electrons. The highest BCUT2D eigenvalue weighted by Gasteiger charge is 2.21. The summed E-state index contributed by atoms with van der Waals surface area (Å²) < 4.78 is 40.2. The van der Waals surface area contributed by atoms with Crippen LogP contribution in [0.1, 0.15) is 21.6 Å². The maximum absolute atomic E-state index is 14.3. The van der Waals surface area contributed by atoms with Gasteiger partial charge in [0.05, 0.1) is 17.0 Å². The minimum Gasteiger partial charge on any atom is -0.478 e. The number of carbonyl (C=O) groups is 1. The predicted octanol–water partition coefficient (Wildman–Crippen LogP) is 4.26. The van der Waals surface area contributed by atoms with Gasteiger partial charge in [0.25, 0.3) is 0 Å². The topological polar surface area (TPSA) is 102 Å². The Balaban J connectivity index is 0.00000341. The van der Waals surface area contributed by atoms with E-state index in [-0.39, 0.29) is 36.0 Å². The van der Waals surface area contributed by atoms with Crippen LogP contribution >= 0.6 is 12.4 Å². The monoisotopic (exact) mass is 466 g/mol. The number of fused-ring (bicyclic) bond motifs is 1. The van der Waals surface area contributed by atoms with E-state index in [1.165, 1.54) is 24.3 Å². The second-order valence-corrected chi connectivity index (χ2v) is 9.23. The highest BCUT2D eigenvalue weighted by Crippen LogP contribution is 2.38. The van der Waals surface area contributed by atoms with Crippen LogP contribution in [-0.4, -0.2) is 36.9 Å². The highest BCUT2D eigenvalue weighted by molar-refractivity contribution is 7.90. The van der Waals surface area contributed by atoms with Gasteiger partial charge in [0.1, 0.15) is 5.83 Å². The molecule has 0 spiro atoms. The lowest BCUT2D eigenvalue weighted by Gasteiger charge is -2.11. The van der Waals surface area contributed by atoms with Crippen LogP contribution in [0.25, 0.3) is 22.0 Å². The molecular formula is C22H24ClFN2O4S. The lowest BCUT2D eigenvalue weighted by Crippen LogP contribution is -2.04. The van der Waals surface area contributed by atoms with Crippen LogP contribution in [0.5, 0.6) is 0 Å². The first-order valence-corrected chi connectivity index (χ1v) is 11.2. The molecule has 31 heavy (non-hydrogen) atoms. The maximum Gasteiger partial charge on any atom is 0.335 e. The summed E-state index contributed by atoms with van der Waals surface area (Å²) in [5.41, 5.74) is 9.01. The van der Waals surface area contributed by atoms with Crippen LogP contribution in [0.2, 0.25) is 0 Å². The zero-order valence-electron chi connectivity index (χ0n) is 17.3. The van der Waals surface area contributed by atoms with E-state index in [0.717, 1.165) is 11.8 Å². The molecule has 9 heteroatoms. The van der Waals surface area contributed by atoms with Gasteiger partial charge >= 0.3 is 5.97 Å². The van der Waals surface area contributed by atoms with E-state index in [4.69, 9.17) is 5.73 Å². The summed E-state index contributed by atoms with van der Waals surface area (Å²) in [6, 6.07) is 9.47. The third-order valence-electron chi connectivity index (χ3n) is 5.13. The summed E-state index contributed by atoms with van der Waals surface area (Å²) in [6.07, 6.45) is 2.42. The second-order valence-electron chi connectivity index (χ2n) is 7.22. The van der Waals surface area contributed by atoms with Gasteiger partial charge in [-0.2, -0.15) is 0 Å². The number of nitrogens with two attached hydrogens (primary N) is 1. The Labute approximate surface area is 186 Å². The maximum atomic E-state index is 14.3. The Morgan fingerprint density at radius 2 is 1.87 bits per heavy atom. The van der Waals surface area contributed by atoms with Crippen LogP contribution in [0, 0.1) is 13.8 Å². The molecule has 0 aliphatic rings. The van der Waals surface area contributed by atoms with Gasteiger partial charge in [-0.25, -0.2) is 17.6 Å². The summed E-state index contributed by atoms with van der Waals surface area (Å²) >= 11 is 0. The van der Waals surface area contributed by atoms with Gasteiger partial charge in [-0.15, -0.1) is 12.4 Å². The Kier molecular flexibility index (Phi) is 7.31. The molecule has 3 N–H and O–H groups in total. The smallest absolute Gasteiger partial charge is 0.335 e. The molecule has 1 heterocycles. The highest BCUT2D eigenvalue weighted by atomic mass is 35.5. The number of halogens is 2. The number of rotatable bonds is 6. The number of aromatic nitrogens is 1. The van der Waals surface area contributed by atoms with Gasteiger partial charge in [-0.05, 0) is 61.4 Å². The molecule has 3 aromatic rings. The van der Waals surface area contributed by atoms with Crippen molar-refractivity contribution in [2.24, 2.45) is 5.73 Å². The van der Waals surface area contributed by atoms with Crippen LogP contribution in [0.4, 0.5) is 4.39 Å². The molecule has 1 aromatic heterocycles. The van der Waals surface area contributed by atoms with Gasteiger partial charge in [0, 0.05) is 35.0 Å². The lowest BCUT2D eigenvalue weighted by molar-refractivity contribution is 0.0697. The molecule has 0 aliphatic heterocycles. The van der Waals surface area contributed by atoms with Gasteiger partial charge in [0.15, 0.2) is 9.84 Å². The molecule has 3 rings (SSSR count). The third-order valence-corrected chi connectivity index (χ3v) is 6.24. The molecule has 0 atom stereocenters. The average Bonchev–Trinajstić information content (AvgIpc) is 2.92. The number of benzene rings is 2. The van der Waals surface area contributed by atoms with Crippen molar-refractivity contribution in [3.8, 4) is 11.1 Å². The molecule has 0 saturated heterocycles. The third kappa shape index (κ3) is 4.81. The number of carboxylic acids is 1. The van der Waals surface area contributed by atoms with Crippen molar-refractivity contribution in [3.05, 3.63) is 65.1 Å². The first-order valence-electron chi connectivity index (χ1n) is 9.26. The standard InChI is InChI=1S/C22H23FN2O4S.ClH/c1-13-4-6-17(30(3,28)29)11-18(13)21-14(2)25(12-16(23)8-9-24)20-7-5-15(22(26)27)10-19(20)21;/h4-8,10-11H,9,12,24H2,1-3H3,(H,26,27);1H/b16-8-;. The minimum absolute atomic E-state index is 0. The Morgan fingerprint density at radius 1 is 1.19 bits per heavy atom. The van der Waals surface area contributed by atoms with Crippen LogP contribution in [0.3, 0.4) is 0 Å². The fourth-order valence-corrected chi connectivity index (χ4v) is 4.25. The molecule has 0 aliphatic carbocycles. The van der Waals surface area contributed by atoms with Crippen molar-refractivity contribution in [1.29, 1.82) is 0 Å². The Hall–Kier alpha value is -2.68. The molecule has 0 bridgehead atoms. The lowest BCUT2D eigenvalue weighted by atomic mass is 9.97. The summed E-state index contributed by atoms with van der Waals surface area (Å²) in [6.45, 7) is 3.66. The van der Waals surface area contributed by atoms with E-state index < -0.39 is 21.6 Å². The summed E-state index contributed by atoms with van der Waals surface area (Å²) in [5, 5.41) is 10.0. The van der Waals surface area contributed by atoms with E-state index >= 15 is 0 Å². The van der Waals surface area contributed by atoms with Crippen LogP contribution < -0.4 is 5.73 Å². The van der Waals surface area contributed by atoms with E-state index in [1.807, 2.05) is 6.92 Å².